The minimum absolute atomic E-state index is 0.0342. The predicted molar refractivity (Wildman–Crippen MR) is 107 cm³/mol. The number of urea groups is 2. The number of carboxylic acid groups (broad SMARTS) is 1. The van der Waals surface area contributed by atoms with Crippen molar-refractivity contribution in [3.05, 3.63) is 54.1 Å². The van der Waals surface area contributed by atoms with Crippen LogP contribution in [0.5, 0.6) is 0 Å². The number of hydrogen-bond donors (Lipinski definition) is 4. The molecule has 2 aromatic rings. The molecule has 2 aromatic carbocycles. The number of nitrogens with one attached hydrogen (secondary N) is 3. The number of amides is 4. The van der Waals surface area contributed by atoms with Gasteiger partial charge in [-0.05, 0) is 48.7 Å². The summed E-state index contributed by atoms with van der Waals surface area (Å²) in [6.45, 7) is 1.30. The predicted octanol–water partition coefficient (Wildman–Crippen LogP) is 3.27. The van der Waals surface area contributed by atoms with Crippen LogP contribution in [-0.4, -0.2) is 36.2 Å². The molecule has 1 aliphatic rings. The average molecular weight is 382 g/mol. The molecule has 0 atom stereocenters. The minimum atomic E-state index is -0.863. The highest BCUT2D eigenvalue weighted by Gasteiger charge is 2.19. The van der Waals surface area contributed by atoms with E-state index in [-0.39, 0.29) is 12.5 Å². The third-order valence-corrected chi connectivity index (χ3v) is 4.31. The molecule has 0 unspecified atom stereocenters. The lowest BCUT2D eigenvalue weighted by molar-refractivity contribution is -0.136. The minimum Gasteiger partial charge on any atom is -0.481 e. The zero-order valence-electron chi connectivity index (χ0n) is 15.3. The van der Waals surface area contributed by atoms with Crippen LogP contribution in [0.4, 0.5) is 26.7 Å². The van der Waals surface area contributed by atoms with E-state index in [1.165, 1.54) is 0 Å². The number of anilines is 3. The van der Waals surface area contributed by atoms with Crippen molar-refractivity contribution in [3.8, 4) is 0 Å². The van der Waals surface area contributed by atoms with Crippen molar-refractivity contribution < 1.29 is 19.5 Å². The molecule has 1 heterocycles. The van der Waals surface area contributed by atoms with Gasteiger partial charge in [-0.25, -0.2) is 9.59 Å². The maximum Gasteiger partial charge on any atom is 0.323 e. The van der Waals surface area contributed by atoms with Crippen molar-refractivity contribution in [1.29, 1.82) is 0 Å². The molecule has 3 rings (SSSR count). The summed E-state index contributed by atoms with van der Waals surface area (Å²) in [5.41, 5.74) is 2.69. The van der Waals surface area contributed by atoms with Crippen LogP contribution >= 0.6 is 0 Å². The molecular formula is C20H22N4O4. The fraction of sp³-hybridized carbons (Fsp3) is 0.250. The lowest BCUT2D eigenvalue weighted by Crippen LogP contribution is -2.46. The number of aryl methyl sites for hydroxylation is 1. The maximum atomic E-state index is 12.3. The molecule has 8 heteroatoms. The van der Waals surface area contributed by atoms with E-state index >= 15 is 0 Å². The second kappa shape index (κ2) is 8.90. The van der Waals surface area contributed by atoms with Crippen LogP contribution in [0.25, 0.3) is 0 Å². The van der Waals surface area contributed by atoms with E-state index in [0.29, 0.717) is 36.6 Å². The van der Waals surface area contributed by atoms with Crippen LogP contribution in [-0.2, 0) is 11.2 Å². The molecule has 0 saturated carbocycles. The van der Waals surface area contributed by atoms with Crippen molar-refractivity contribution in [3.63, 3.8) is 0 Å². The summed E-state index contributed by atoms with van der Waals surface area (Å²) in [4.78, 5) is 36.6. The van der Waals surface area contributed by atoms with E-state index in [1.807, 2.05) is 12.1 Å². The van der Waals surface area contributed by atoms with Crippen molar-refractivity contribution >= 4 is 35.1 Å². The smallest absolute Gasteiger partial charge is 0.323 e. The molecular weight excluding hydrogens is 360 g/mol. The fourth-order valence-electron chi connectivity index (χ4n) is 2.98. The summed E-state index contributed by atoms with van der Waals surface area (Å²) in [7, 11) is 0. The normalized spacial score (nSPS) is 13.6. The van der Waals surface area contributed by atoms with Crippen molar-refractivity contribution in [2.75, 3.05) is 28.6 Å². The zero-order valence-corrected chi connectivity index (χ0v) is 15.3. The van der Waals surface area contributed by atoms with Gasteiger partial charge in [0.15, 0.2) is 0 Å². The highest BCUT2D eigenvalue weighted by atomic mass is 16.4. The summed E-state index contributed by atoms with van der Waals surface area (Å²) in [5, 5.41) is 17.1. The van der Waals surface area contributed by atoms with Crippen LogP contribution in [0.1, 0.15) is 18.4 Å². The van der Waals surface area contributed by atoms with Gasteiger partial charge in [0.1, 0.15) is 0 Å². The standard InChI is InChI=1S/C20H22N4O4/c25-18(26)9-8-14-4-1-5-15(12-14)22-19(27)23-16-6-2-7-17(13-16)24-11-3-10-21-20(24)28/h1-2,4-7,12-13H,3,8-11H2,(H,21,28)(H,25,26)(H2,22,23,27). The Morgan fingerprint density at radius 1 is 1.07 bits per heavy atom. The number of carboxylic acids is 1. The number of hydrogen-bond acceptors (Lipinski definition) is 3. The van der Waals surface area contributed by atoms with Crippen LogP contribution in [0.2, 0.25) is 0 Å². The van der Waals surface area contributed by atoms with E-state index in [1.54, 1.807) is 41.3 Å². The van der Waals surface area contributed by atoms with E-state index in [0.717, 1.165) is 12.0 Å². The highest BCUT2D eigenvalue weighted by molar-refractivity contribution is 6.00. The summed E-state index contributed by atoms with van der Waals surface area (Å²) in [6.07, 6.45) is 1.29. The number of rotatable bonds is 6. The van der Waals surface area contributed by atoms with Crippen molar-refractivity contribution in [2.45, 2.75) is 19.3 Å². The number of aliphatic carboxylic acids is 1. The topological polar surface area (TPSA) is 111 Å². The molecule has 0 radical (unpaired) electrons. The fourth-order valence-corrected chi connectivity index (χ4v) is 2.98. The summed E-state index contributed by atoms with van der Waals surface area (Å²) >= 11 is 0. The molecule has 1 fully saturated rings. The largest absolute Gasteiger partial charge is 0.481 e. The van der Waals surface area contributed by atoms with Crippen LogP contribution in [0.15, 0.2) is 48.5 Å². The van der Waals surface area contributed by atoms with Gasteiger partial charge in [0.2, 0.25) is 0 Å². The van der Waals surface area contributed by atoms with Crippen LogP contribution in [0, 0.1) is 0 Å². The van der Waals surface area contributed by atoms with Crippen LogP contribution in [0.3, 0.4) is 0 Å². The first kappa shape index (κ1) is 19.2. The average Bonchev–Trinajstić information content (AvgIpc) is 2.67. The first-order chi connectivity index (χ1) is 13.5. The summed E-state index contributed by atoms with van der Waals surface area (Å²) in [5.74, 6) is -0.863. The van der Waals surface area contributed by atoms with Gasteiger partial charge < -0.3 is 21.1 Å². The van der Waals surface area contributed by atoms with E-state index < -0.39 is 12.0 Å². The molecule has 1 saturated heterocycles. The van der Waals surface area contributed by atoms with Crippen molar-refractivity contribution in [2.24, 2.45) is 0 Å². The number of nitrogens with zero attached hydrogens (tertiary/aromatic N) is 1. The van der Waals surface area contributed by atoms with Crippen molar-refractivity contribution in [1.82, 2.24) is 5.32 Å². The van der Waals surface area contributed by atoms with Gasteiger partial charge in [-0.15, -0.1) is 0 Å². The quantitative estimate of drug-likeness (QED) is 0.614. The monoisotopic (exact) mass is 382 g/mol. The Morgan fingerprint density at radius 2 is 1.79 bits per heavy atom. The number of carbonyl (C=O) groups is 3. The van der Waals surface area contributed by atoms with Gasteiger partial charge in [-0.2, -0.15) is 0 Å². The Hall–Kier alpha value is -3.55. The molecule has 28 heavy (non-hydrogen) atoms. The lowest BCUT2D eigenvalue weighted by Gasteiger charge is -2.27. The second-order valence-corrected chi connectivity index (χ2v) is 6.46. The molecule has 4 amide bonds. The second-order valence-electron chi connectivity index (χ2n) is 6.46. The Morgan fingerprint density at radius 3 is 2.50 bits per heavy atom. The van der Waals surface area contributed by atoms with E-state index in [2.05, 4.69) is 16.0 Å². The Bertz CT molecular complexity index is 884. The van der Waals surface area contributed by atoms with Crippen LogP contribution < -0.4 is 20.9 Å². The first-order valence-corrected chi connectivity index (χ1v) is 9.05. The molecule has 146 valence electrons. The van der Waals surface area contributed by atoms with E-state index in [4.69, 9.17) is 5.11 Å². The molecule has 8 nitrogen and oxygen atoms in total. The number of carbonyl (C=O) groups excluding carboxylic acids is 2. The van der Waals surface area contributed by atoms with Gasteiger partial charge in [0.25, 0.3) is 0 Å². The van der Waals surface area contributed by atoms with Gasteiger partial charge in [0, 0.05) is 36.6 Å². The van der Waals surface area contributed by atoms with E-state index in [9.17, 15) is 14.4 Å². The Kier molecular flexibility index (Phi) is 6.11. The van der Waals surface area contributed by atoms with Gasteiger partial charge in [-0.3, -0.25) is 9.69 Å². The zero-order chi connectivity index (χ0) is 19.9. The third-order valence-electron chi connectivity index (χ3n) is 4.31. The third kappa shape index (κ3) is 5.23. The van der Waals surface area contributed by atoms with Gasteiger partial charge in [0.05, 0.1) is 0 Å². The van der Waals surface area contributed by atoms with Gasteiger partial charge in [-0.1, -0.05) is 18.2 Å². The first-order valence-electron chi connectivity index (χ1n) is 9.05. The molecule has 1 aliphatic heterocycles. The molecule has 0 spiro atoms. The molecule has 0 aromatic heterocycles. The highest BCUT2D eigenvalue weighted by Crippen LogP contribution is 2.21. The Balaban J connectivity index is 1.62. The lowest BCUT2D eigenvalue weighted by atomic mass is 10.1. The Labute approximate surface area is 162 Å². The summed E-state index contributed by atoms with van der Waals surface area (Å²) in [6, 6.07) is 13.6. The molecule has 4 N–H and O–H groups in total. The molecule has 0 bridgehead atoms. The number of benzene rings is 2. The molecule has 0 aliphatic carbocycles. The maximum absolute atomic E-state index is 12.3. The summed E-state index contributed by atoms with van der Waals surface area (Å²) < 4.78 is 0. The SMILES string of the molecule is O=C(O)CCc1cccc(NC(=O)Nc2cccc(N3CCCNC3=O)c2)c1. The van der Waals surface area contributed by atoms with Gasteiger partial charge >= 0.3 is 18.0 Å².